The molecular formula is C22H31NO3. The van der Waals surface area contributed by atoms with E-state index in [2.05, 4.69) is 32.9 Å². The zero-order valence-corrected chi connectivity index (χ0v) is 16.4. The molecule has 0 unspecified atom stereocenters. The molecule has 0 heterocycles. The minimum absolute atomic E-state index is 0.188. The van der Waals surface area contributed by atoms with E-state index in [0.717, 1.165) is 35.7 Å². The van der Waals surface area contributed by atoms with Gasteiger partial charge in [-0.05, 0) is 54.1 Å². The highest BCUT2D eigenvalue weighted by molar-refractivity contribution is 5.41. The summed E-state index contributed by atoms with van der Waals surface area (Å²) < 4.78 is 17.0. The van der Waals surface area contributed by atoms with E-state index in [0.29, 0.717) is 19.8 Å². The van der Waals surface area contributed by atoms with Crippen LogP contribution >= 0.6 is 0 Å². The Balaban J connectivity index is 1.89. The Morgan fingerprint density at radius 2 is 1.58 bits per heavy atom. The molecule has 0 bridgehead atoms. The van der Waals surface area contributed by atoms with Crippen LogP contribution in [0.1, 0.15) is 38.3 Å². The van der Waals surface area contributed by atoms with Gasteiger partial charge in [0.05, 0.1) is 7.11 Å². The minimum atomic E-state index is 0.188. The third-order valence-electron chi connectivity index (χ3n) is 4.82. The van der Waals surface area contributed by atoms with Gasteiger partial charge in [-0.2, -0.15) is 0 Å². The summed E-state index contributed by atoms with van der Waals surface area (Å²) in [5.74, 6) is 2.44. The van der Waals surface area contributed by atoms with Crippen molar-refractivity contribution in [3.8, 4) is 17.2 Å². The van der Waals surface area contributed by atoms with Gasteiger partial charge in [-0.15, -0.1) is 0 Å². The second kappa shape index (κ2) is 9.48. The number of rotatable bonds is 10. The molecule has 0 atom stereocenters. The maximum absolute atomic E-state index is 5.89. The lowest BCUT2D eigenvalue weighted by Crippen LogP contribution is -2.15. The predicted molar refractivity (Wildman–Crippen MR) is 107 cm³/mol. The highest BCUT2D eigenvalue weighted by Gasteiger charge is 2.17. The van der Waals surface area contributed by atoms with Gasteiger partial charge in [0, 0.05) is 6.07 Å². The molecule has 4 heteroatoms. The Labute approximate surface area is 157 Å². The molecule has 0 radical (unpaired) electrons. The van der Waals surface area contributed by atoms with Crippen molar-refractivity contribution < 1.29 is 14.2 Å². The van der Waals surface area contributed by atoms with Gasteiger partial charge >= 0.3 is 0 Å². The summed E-state index contributed by atoms with van der Waals surface area (Å²) in [6.45, 7) is 8.25. The van der Waals surface area contributed by atoms with Crippen molar-refractivity contribution in [2.24, 2.45) is 5.73 Å². The number of hydrogen-bond donors (Lipinski definition) is 1. The highest BCUT2D eigenvalue weighted by Crippen LogP contribution is 2.28. The fraction of sp³-hybridized carbons (Fsp3) is 0.455. The van der Waals surface area contributed by atoms with Crippen molar-refractivity contribution in [1.29, 1.82) is 0 Å². The normalized spacial score (nSPS) is 11.3. The Kier molecular flexibility index (Phi) is 7.34. The standard InChI is InChI=1S/C22H31NO3/c1-5-22(2,3)18-7-10-19(11-8-18)25-14-15-26-21-16-20(24-4)9-6-17(21)12-13-23/h6-11,16H,5,12-15,23H2,1-4H3. The van der Waals surface area contributed by atoms with Crippen LogP contribution in [0.25, 0.3) is 0 Å². The smallest absolute Gasteiger partial charge is 0.126 e. The lowest BCUT2D eigenvalue weighted by molar-refractivity contribution is 0.215. The van der Waals surface area contributed by atoms with E-state index >= 15 is 0 Å². The van der Waals surface area contributed by atoms with Gasteiger partial charge in [0.15, 0.2) is 0 Å². The first-order valence-corrected chi connectivity index (χ1v) is 9.23. The summed E-state index contributed by atoms with van der Waals surface area (Å²) in [7, 11) is 1.65. The molecule has 2 aromatic rings. The number of nitrogens with two attached hydrogens (primary N) is 1. The molecule has 2 N–H and O–H groups in total. The van der Waals surface area contributed by atoms with Crippen LogP contribution in [0.3, 0.4) is 0 Å². The van der Waals surface area contributed by atoms with Crippen LogP contribution in [0, 0.1) is 0 Å². The first kappa shape index (κ1) is 20.1. The molecular weight excluding hydrogens is 326 g/mol. The summed E-state index contributed by atoms with van der Waals surface area (Å²) in [5, 5.41) is 0. The van der Waals surface area contributed by atoms with Crippen molar-refractivity contribution in [2.45, 2.75) is 39.0 Å². The van der Waals surface area contributed by atoms with E-state index in [1.165, 1.54) is 5.56 Å². The van der Waals surface area contributed by atoms with Gasteiger partial charge < -0.3 is 19.9 Å². The average molecular weight is 357 g/mol. The molecule has 0 aliphatic carbocycles. The summed E-state index contributed by atoms with van der Waals surface area (Å²) in [5.41, 5.74) is 8.27. The van der Waals surface area contributed by atoms with E-state index in [4.69, 9.17) is 19.9 Å². The molecule has 0 saturated heterocycles. The number of benzene rings is 2. The molecule has 0 aromatic heterocycles. The molecule has 2 aromatic carbocycles. The molecule has 2 rings (SSSR count). The van der Waals surface area contributed by atoms with Crippen molar-refractivity contribution in [3.05, 3.63) is 53.6 Å². The van der Waals surface area contributed by atoms with E-state index in [-0.39, 0.29) is 5.41 Å². The number of ether oxygens (including phenoxy) is 3. The van der Waals surface area contributed by atoms with Crippen LogP contribution in [-0.4, -0.2) is 26.9 Å². The number of hydrogen-bond acceptors (Lipinski definition) is 4. The highest BCUT2D eigenvalue weighted by atomic mass is 16.5. The zero-order chi connectivity index (χ0) is 19.0. The molecule has 0 fully saturated rings. The first-order valence-electron chi connectivity index (χ1n) is 9.23. The Hall–Kier alpha value is -2.20. The lowest BCUT2D eigenvalue weighted by atomic mass is 9.82. The summed E-state index contributed by atoms with van der Waals surface area (Å²) in [6, 6.07) is 14.1. The second-order valence-electron chi connectivity index (χ2n) is 6.97. The van der Waals surface area contributed by atoms with Crippen LogP contribution in [0.15, 0.2) is 42.5 Å². The van der Waals surface area contributed by atoms with Crippen LogP contribution in [0.4, 0.5) is 0 Å². The van der Waals surface area contributed by atoms with Crippen molar-refractivity contribution >= 4 is 0 Å². The third kappa shape index (κ3) is 5.40. The van der Waals surface area contributed by atoms with Crippen LogP contribution < -0.4 is 19.9 Å². The molecule has 26 heavy (non-hydrogen) atoms. The molecule has 0 amide bonds. The maximum atomic E-state index is 5.89. The lowest BCUT2D eigenvalue weighted by Gasteiger charge is -2.23. The quantitative estimate of drug-likeness (QED) is 0.643. The second-order valence-corrected chi connectivity index (χ2v) is 6.97. The molecule has 0 spiro atoms. The van der Waals surface area contributed by atoms with Crippen molar-refractivity contribution in [2.75, 3.05) is 26.9 Å². The first-order chi connectivity index (χ1) is 12.5. The van der Waals surface area contributed by atoms with Gasteiger partial charge in [-0.3, -0.25) is 0 Å². The fourth-order valence-corrected chi connectivity index (χ4v) is 2.68. The molecule has 0 aliphatic heterocycles. The van der Waals surface area contributed by atoms with Gasteiger partial charge in [0.2, 0.25) is 0 Å². The van der Waals surface area contributed by atoms with Gasteiger partial charge in [0.1, 0.15) is 30.5 Å². The van der Waals surface area contributed by atoms with Crippen LogP contribution in [0.2, 0.25) is 0 Å². The fourth-order valence-electron chi connectivity index (χ4n) is 2.68. The molecule has 4 nitrogen and oxygen atoms in total. The van der Waals surface area contributed by atoms with E-state index in [9.17, 15) is 0 Å². The third-order valence-corrected chi connectivity index (χ3v) is 4.82. The van der Waals surface area contributed by atoms with E-state index in [1.807, 2.05) is 30.3 Å². The van der Waals surface area contributed by atoms with Gasteiger partial charge in [-0.25, -0.2) is 0 Å². The topological polar surface area (TPSA) is 53.7 Å². The van der Waals surface area contributed by atoms with Gasteiger partial charge in [0.25, 0.3) is 0 Å². The van der Waals surface area contributed by atoms with Crippen LogP contribution in [-0.2, 0) is 11.8 Å². The Morgan fingerprint density at radius 1 is 0.923 bits per heavy atom. The molecule has 0 saturated carbocycles. The number of methoxy groups -OCH3 is 1. The minimum Gasteiger partial charge on any atom is -0.497 e. The molecule has 0 aliphatic rings. The largest absolute Gasteiger partial charge is 0.497 e. The van der Waals surface area contributed by atoms with E-state index in [1.54, 1.807) is 7.11 Å². The summed E-state index contributed by atoms with van der Waals surface area (Å²) >= 11 is 0. The average Bonchev–Trinajstić information content (AvgIpc) is 2.66. The summed E-state index contributed by atoms with van der Waals surface area (Å²) in [6.07, 6.45) is 1.88. The SMILES string of the molecule is CCC(C)(C)c1ccc(OCCOc2cc(OC)ccc2CCN)cc1. The summed E-state index contributed by atoms with van der Waals surface area (Å²) in [4.78, 5) is 0. The van der Waals surface area contributed by atoms with E-state index < -0.39 is 0 Å². The zero-order valence-electron chi connectivity index (χ0n) is 16.4. The Bertz CT molecular complexity index is 680. The monoisotopic (exact) mass is 357 g/mol. The predicted octanol–water partition coefficient (Wildman–Crippen LogP) is 4.34. The van der Waals surface area contributed by atoms with Gasteiger partial charge in [-0.1, -0.05) is 39.0 Å². The molecule has 142 valence electrons. The van der Waals surface area contributed by atoms with Crippen LogP contribution in [0.5, 0.6) is 17.2 Å². The Morgan fingerprint density at radius 3 is 2.19 bits per heavy atom. The maximum Gasteiger partial charge on any atom is 0.126 e. The van der Waals surface area contributed by atoms with Crippen molar-refractivity contribution in [3.63, 3.8) is 0 Å². The van der Waals surface area contributed by atoms with Crippen molar-refractivity contribution in [1.82, 2.24) is 0 Å².